The van der Waals surface area contributed by atoms with E-state index in [1.54, 1.807) is 0 Å². The van der Waals surface area contributed by atoms with E-state index in [0.29, 0.717) is 6.54 Å². The molecule has 0 aliphatic heterocycles. The summed E-state index contributed by atoms with van der Waals surface area (Å²) >= 11 is 0. The van der Waals surface area contributed by atoms with Crippen molar-refractivity contribution in [2.24, 2.45) is 0 Å². The summed E-state index contributed by atoms with van der Waals surface area (Å²) in [6, 6.07) is 0.289. The maximum atomic E-state index is 11.9. The van der Waals surface area contributed by atoms with Gasteiger partial charge in [0.05, 0.1) is 23.6 Å². The predicted molar refractivity (Wildman–Crippen MR) is 78.5 cm³/mol. The topological polar surface area (TPSA) is 59.0 Å². The largest absolute Gasteiger partial charge is 0.322 e. The minimum atomic E-state index is -0.0659. The van der Waals surface area contributed by atoms with Crippen LogP contribution in [0.5, 0.6) is 0 Å². The fraction of sp³-hybridized carbons (Fsp3) is 0.714. The normalized spacial score (nSPS) is 12.0. The molecule has 0 radical (unpaired) electrons. The van der Waals surface area contributed by atoms with Crippen LogP contribution < -0.4 is 10.6 Å². The fourth-order valence-electron chi connectivity index (χ4n) is 1.88. The van der Waals surface area contributed by atoms with Crippen LogP contribution in [0.1, 0.15) is 52.0 Å². The van der Waals surface area contributed by atoms with Gasteiger partial charge in [-0.05, 0) is 48.5 Å². The summed E-state index contributed by atoms with van der Waals surface area (Å²) in [6.45, 7) is 14.5. The summed E-state index contributed by atoms with van der Waals surface area (Å²) in [4.78, 5) is 11.9. The van der Waals surface area contributed by atoms with Gasteiger partial charge in [0, 0.05) is 11.6 Å². The van der Waals surface area contributed by atoms with E-state index in [-0.39, 0.29) is 17.5 Å². The molecule has 1 amide bonds. The molecule has 5 heteroatoms. The van der Waals surface area contributed by atoms with Crippen molar-refractivity contribution in [2.45, 2.75) is 60.0 Å². The molecule has 0 aliphatic rings. The molecule has 0 unspecified atom stereocenters. The van der Waals surface area contributed by atoms with Gasteiger partial charge >= 0.3 is 0 Å². The monoisotopic (exact) mass is 266 g/mol. The van der Waals surface area contributed by atoms with Gasteiger partial charge in [-0.3, -0.25) is 9.48 Å². The minimum Gasteiger partial charge on any atom is -0.322 e. The molecule has 0 saturated carbocycles. The minimum absolute atomic E-state index is 0.0376. The lowest BCUT2D eigenvalue weighted by molar-refractivity contribution is -0.115. The highest BCUT2D eigenvalue weighted by atomic mass is 16.1. The van der Waals surface area contributed by atoms with Crippen LogP contribution in [0.4, 0.5) is 5.69 Å². The highest BCUT2D eigenvalue weighted by Gasteiger charge is 2.17. The van der Waals surface area contributed by atoms with Crippen LogP contribution in [0.3, 0.4) is 0 Å². The van der Waals surface area contributed by atoms with Crippen LogP contribution in [-0.2, 0) is 4.79 Å². The molecule has 1 heterocycles. The zero-order chi connectivity index (χ0) is 14.8. The molecule has 0 spiro atoms. The molecular formula is C14H26N4O. The third-order valence-electron chi connectivity index (χ3n) is 2.86. The molecule has 19 heavy (non-hydrogen) atoms. The lowest BCUT2D eigenvalue weighted by Crippen LogP contribution is -2.41. The molecular weight excluding hydrogens is 240 g/mol. The maximum absolute atomic E-state index is 11.9. The van der Waals surface area contributed by atoms with Gasteiger partial charge < -0.3 is 10.6 Å². The molecule has 0 atom stereocenters. The highest BCUT2D eigenvalue weighted by Crippen LogP contribution is 2.22. The molecule has 0 bridgehead atoms. The number of hydrogen-bond acceptors (Lipinski definition) is 3. The average molecular weight is 266 g/mol. The summed E-state index contributed by atoms with van der Waals surface area (Å²) in [6.07, 6.45) is 0. The van der Waals surface area contributed by atoms with Crippen molar-refractivity contribution in [1.82, 2.24) is 15.1 Å². The van der Waals surface area contributed by atoms with Gasteiger partial charge in [-0.2, -0.15) is 5.10 Å². The van der Waals surface area contributed by atoms with E-state index in [1.807, 2.05) is 39.3 Å². The molecule has 0 fully saturated rings. The third kappa shape index (κ3) is 4.35. The maximum Gasteiger partial charge on any atom is 0.238 e. The SMILES string of the molecule is Cc1nn(C(C)C)c(C)c1NC(=O)CNC(C)(C)C. The van der Waals surface area contributed by atoms with Crippen LogP contribution >= 0.6 is 0 Å². The van der Waals surface area contributed by atoms with Gasteiger partial charge in [0.15, 0.2) is 0 Å². The summed E-state index contributed by atoms with van der Waals surface area (Å²) in [7, 11) is 0. The van der Waals surface area contributed by atoms with Crippen molar-refractivity contribution in [3.05, 3.63) is 11.4 Å². The lowest BCUT2D eigenvalue weighted by atomic mass is 10.1. The van der Waals surface area contributed by atoms with Crippen molar-refractivity contribution < 1.29 is 4.79 Å². The number of carbonyl (C=O) groups excluding carboxylic acids is 1. The smallest absolute Gasteiger partial charge is 0.238 e. The number of amides is 1. The van der Waals surface area contributed by atoms with Crippen molar-refractivity contribution in [3.8, 4) is 0 Å². The number of hydrogen-bond donors (Lipinski definition) is 2. The molecule has 2 N–H and O–H groups in total. The Morgan fingerprint density at radius 3 is 2.32 bits per heavy atom. The Kier molecular flexibility index (Phi) is 4.74. The molecule has 0 aliphatic carbocycles. The van der Waals surface area contributed by atoms with E-state index < -0.39 is 0 Å². The zero-order valence-electron chi connectivity index (χ0n) is 13.1. The van der Waals surface area contributed by atoms with Gasteiger partial charge in [0.25, 0.3) is 0 Å². The number of aryl methyl sites for hydroxylation is 1. The quantitative estimate of drug-likeness (QED) is 0.880. The van der Waals surface area contributed by atoms with E-state index in [9.17, 15) is 4.79 Å². The number of carbonyl (C=O) groups is 1. The average Bonchev–Trinajstić information content (AvgIpc) is 2.53. The Hall–Kier alpha value is -1.36. The molecule has 0 aromatic carbocycles. The van der Waals surface area contributed by atoms with E-state index in [4.69, 9.17) is 0 Å². The lowest BCUT2D eigenvalue weighted by Gasteiger charge is -2.20. The summed E-state index contributed by atoms with van der Waals surface area (Å²) in [5, 5.41) is 10.6. The number of anilines is 1. The Morgan fingerprint density at radius 1 is 1.32 bits per heavy atom. The second-order valence-electron chi connectivity index (χ2n) is 6.24. The van der Waals surface area contributed by atoms with Crippen LogP contribution in [0.15, 0.2) is 0 Å². The Morgan fingerprint density at radius 2 is 1.89 bits per heavy atom. The summed E-state index contributed by atoms with van der Waals surface area (Å²) in [5.41, 5.74) is 2.62. The first-order chi connectivity index (χ1) is 8.61. The third-order valence-corrected chi connectivity index (χ3v) is 2.86. The zero-order valence-corrected chi connectivity index (χ0v) is 13.1. The molecule has 1 rings (SSSR count). The molecule has 0 saturated heterocycles. The van der Waals surface area contributed by atoms with E-state index >= 15 is 0 Å². The van der Waals surface area contributed by atoms with Gasteiger partial charge in [0.2, 0.25) is 5.91 Å². The van der Waals surface area contributed by atoms with Crippen molar-refractivity contribution in [2.75, 3.05) is 11.9 Å². The second kappa shape index (κ2) is 5.74. The van der Waals surface area contributed by atoms with Crippen LogP contribution in [-0.4, -0.2) is 27.8 Å². The fourth-order valence-corrected chi connectivity index (χ4v) is 1.88. The Labute approximate surface area is 115 Å². The van der Waals surface area contributed by atoms with Crippen molar-refractivity contribution >= 4 is 11.6 Å². The molecule has 1 aromatic heterocycles. The van der Waals surface area contributed by atoms with Crippen molar-refractivity contribution in [3.63, 3.8) is 0 Å². The number of rotatable bonds is 4. The van der Waals surface area contributed by atoms with E-state index in [0.717, 1.165) is 17.1 Å². The Balaban J connectivity index is 2.75. The first-order valence-electron chi connectivity index (χ1n) is 6.72. The van der Waals surface area contributed by atoms with Crippen molar-refractivity contribution in [1.29, 1.82) is 0 Å². The van der Waals surface area contributed by atoms with Gasteiger partial charge in [-0.25, -0.2) is 0 Å². The first kappa shape index (κ1) is 15.7. The molecule has 5 nitrogen and oxygen atoms in total. The van der Waals surface area contributed by atoms with Crippen LogP contribution in [0.2, 0.25) is 0 Å². The molecule has 108 valence electrons. The number of aromatic nitrogens is 2. The summed E-state index contributed by atoms with van der Waals surface area (Å²) < 4.78 is 1.93. The van der Waals surface area contributed by atoms with Crippen LogP contribution in [0, 0.1) is 13.8 Å². The van der Waals surface area contributed by atoms with E-state index in [2.05, 4.69) is 29.6 Å². The van der Waals surface area contributed by atoms with E-state index in [1.165, 1.54) is 0 Å². The highest BCUT2D eigenvalue weighted by molar-refractivity contribution is 5.93. The van der Waals surface area contributed by atoms with Gasteiger partial charge in [-0.15, -0.1) is 0 Å². The predicted octanol–water partition coefficient (Wildman–Crippen LogP) is 2.41. The Bertz CT molecular complexity index is 455. The number of nitrogens with zero attached hydrogens (tertiary/aromatic N) is 2. The standard InChI is InChI=1S/C14H26N4O/c1-9(2)18-11(4)13(10(3)17-18)16-12(19)8-15-14(5,6)7/h9,15H,8H2,1-7H3,(H,16,19). The second-order valence-corrected chi connectivity index (χ2v) is 6.24. The molecule has 1 aromatic rings. The van der Waals surface area contributed by atoms with Gasteiger partial charge in [0.1, 0.15) is 0 Å². The van der Waals surface area contributed by atoms with Crippen LogP contribution in [0.25, 0.3) is 0 Å². The summed E-state index contributed by atoms with van der Waals surface area (Å²) in [5.74, 6) is -0.0376. The first-order valence-corrected chi connectivity index (χ1v) is 6.72. The van der Waals surface area contributed by atoms with Gasteiger partial charge in [-0.1, -0.05) is 0 Å². The number of nitrogens with one attached hydrogen (secondary N) is 2.